The van der Waals surface area contributed by atoms with Gasteiger partial charge in [-0.2, -0.15) is 0 Å². The summed E-state index contributed by atoms with van der Waals surface area (Å²) in [5.74, 6) is 2.08. The monoisotopic (exact) mass is 310 g/mol. The van der Waals surface area contributed by atoms with Gasteiger partial charge >= 0.3 is 0 Å². The van der Waals surface area contributed by atoms with Crippen molar-refractivity contribution < 1.29 is 0 Å². The number of hydrogen-bond acceptors (Lipinski definition) is 3. The van der Waals surface area contributed by atoms with E-state index in [0.29, 0.717) is 6.04 Å². The molecule has 1 saturated carbocycles. The summed E-state index contributed by atoms with van der Waals surface area (Å²) in [7, 11) is 2.24. The number of nitrogens with zero attached hydrogens (tertiary/aromatic N) is 4. The number of hydrogen-bond donors (Lipinski definition) is 0. The Morgan fingerprint density at radius 2 is 1.70 bits per heavy atom. The van der Waals surface area contributed by atoms with Crippen LogP contribution in [0.5, 0.6) is 0 Å². The molecule has 0 spiro atoms. The minimum absolute atomic E-state index is 0.637. The maximum Gasteiger partial charge on any atom is 0.113 e. The molecule has 2 aliphatic heterocycles. The third kappa shape index (κ3) is 2.39. The van der Waals surface area contributed by atoms with Crippen molar-refractivity contribution in [3.05, 3.63) is 30.1 Å². The molecule has 2 aromatic rings. The highest BCUT2D eigenvalue weighted by Gasteiger charge is 2.38. The lowest BCUT2D eigenvalue weighted by molar-refractivity contribution is 0.0293. The third-order valence-corrected chi connectivity index (χ3v) is 6.03. The van der Waals surface area contributed by atoms with Crippen LogP contribution in [-0.2, 0) is 0 Å². The molecule has 3 aliphatic rings. The zero-order valence-electron chi connectivity index (χ0n) is 14.0. The molecule has 122 valence electrons. The molecule has 0 radical (unpaired) electrons. The topological polar surface area (TPSA) is 24.3 Å². The first-order chi connectivity index (χ1) is 11.3. The van der Waals surface area contributed by atoms with Crippen molar-refractivity contribution in [1.82, 2.24) is 19.4 Å². The summed E-state index contributed by atoms with van der Waals surface area (Å²) < 4.78 is 2.58. The van der Waals surface area contributed by atoms with E-state index in [1.165, 1.54) is 68.7 Å². The second kappa shape index (κ2) is 5.32. The van der Waals surface area contributed by atoms with Crippen LogP contribution in [0.4, 0.5) is 0 Å². The lowest BCUT2D eigenvalue weighted by Gasteiger charge is -2.47. The Hall–Kier alpha value is -1.39. The summed E-state index contributed by atoms with van der Waals surface area (Å²) in [5, 5.41) is 0. The molecule has 3 fully saturated rings. The third-order valence-electron chi connectivity index (χ3n) is 6.03. The molecule has 23 heavy (non-hydrogen) atoms. The van der Waals surface area contributed by atoms with E-state index >= 15 is 0 Å². The van der Waals surface area contributed by atoms with Gasteiger partial charge in [0, 0.05) is 25.0 Å². The van der Waals surface area contributed by atoms with E-state index in [2.05, 4.69) is 45.7 Å². The molecular formula is C19H26N4. The second-order valence-corrected chi connectivity index (χ2v) is 7.75. The molecule has 3 heterocycles. The van der Waals surface area contributed by atoms with Crippen molar-refractivity contribution in [3.8, 4) is 0 Å². The normalized spacial score (nSPS) is 25.1. The summed E-state index contributed by atoms with van der Waals surface area (Å²) in [5.41, 5.74) is 2.54. The van der Waals surface area contributed by atoms with E-state index < -0.39 is 0 Å². The van der Waals surface area contributed by atoms with Gasteiger partial charge in [0.1, 0.15) is 5.82 Å². The van der Waals surface area contributed by atoms with E-state index in [4.69, 9.17) is 4.98 Å². The van der Waals surface area contributed by atoms with Crippen LogP contribution in [0.15, 0.2) is 24.3 Å². The number of aromatic nitrogens is 2. The highest BCUT2D eigenvalue weighted by molar-refractivity contribution is 5.76. The number of fused-ring (bicyclic) bond motifs is 1. The Morgan fingerprint density at radius 1 is 0.957 bits per heavy atom. The lowest BCUT2D eigenvalue weighted by Crippen LogP contribution is -2.55. The first kappa shape index (κ1) is 14.0. The maximum absolute atomic E-state index is 4.96. The molecule has 4 heteroatoms. The minimum atomic E-state index is 0.637. The van der Waals surface area contributed by atoms with E-state index in [-0.39, 0.29) is 0 Å². The van der Waals surface area contributed by atoms with Crippen LogP contribution in [0.25, 0.3) is 11.0 Å². The van der Waals surface area contributed by atoms with Gasteiger partial charge in [-0.05, 0) is 58.0 Å². The maximum atomic E-state index is 4.96. The van der Waals surface area contributed by atoms with E-state index in [1.54, 1.807) is 0 Å². The Kier molecular flexibility index (Phi) is 3.24. The van der Waals surface area contributed by atoms with Crippen LogP contribution in [-0.4, -0.2) is 58.6 Å². The molecule has 1 aromatic carbocycles. The molecule has 0 unspecified atom stereocenters. The van der Waals surface area contributed by atoms with E-state index in [1.807, 2.05) is 0 Å². The number of para-hydroxylation sites is 2. The molecule has 5 rings (SSSR count). The average Bonchev–Trinajstić information content (AvgIpc) is 3.30. The van der Waals surface area contributed by atoms with Crippen molar-refractivity contribution in [3.63, 3.8) is 0 Å². The number of rotatable bonds is 3. The zero-order chi connectivity index (χ0) is 15.4. The predicted octanol–water partition coefficient (Wildman–Crippen LogP) is 2.86. The fourth-order valence-electron chi connectivity index (χ4n) is 4.39. The van der Waals surface area contributed by atoms with Gasteiger partial charge in [0.05, 0.1) is 17.1 Å². The molecule has 1 aliphatic carbocycles. The standard InChI is InChI=1S/C19H26N4/c1-21-10-8-15(9-11-21)22-12-16(13-22)23-18-5-3-2-4-17(18)20-19(23)14-6-7-14/h2-5,14-16H,6-13H2,1H3. The Labute approximate surface area is 138 Å². The van der Waals surface area contributed by atoms with Crippen LogP contribution in [0.2, 0.25) is 0 Å². The smallest absolute Gasteiger partial charge is 0.113 e. The molecule has 4 nitrogen and oxygen atoms in total. The quantitative estimate of drug-likeness (QED) is 0.871. The number of likely N-dealkylation sites (tertiary alicyclic amines) is 2. The van der Waals surface area contributed by atoms with Gasteiger partial charge in [-0.3, -0.25) is 4.90 Å². The largest absolute Gasteiger partial charge is 0.322 e. The highest BCUT2D eigenvalue weighted by atomic mass is 15.3. The van der Waals surface area contributed by atoms with Crippen molar-refractivity contribution in [2.75, 3.05) is 33.2 Å². The first-order valence-corrected chi connectivity index (χ1v) is 9.19. The number of imidazole rings is 1. The number of benzene rings is 1. The van der Waals surface area contributed by atoms with Crippen molar-refractivity contribution in [1.29, 1.82) is 0 Å². The predicted molar refractivity (Wildman–Crippen MR) is 92.8 cm³/mol. The minimum Gasteiger partial charge on any atom is -0.322 e. The lowest BCUT2D eigenvalue weighted by atomic mass is 9.97. The molecule has 0 bridgehead atoms. The summed E-state index contributed by atoms with van der Waals surface area (Å²) in [6, 6.07) is 10.1. The first-order valence-electron chi connectivity index (χ1n) is 9.19. The van der Waals surface area contributed by atoms with Crippen molar-refractivity contribution in [2.24, 2.45) is 0 Å². The van der Waals surface area contributed by atoms with Crippen molar-refractivity contribution in [2.45, 2.75) is 43.7 Å². The SMILES string of the molecule is CN1CCC(N2CC(n3c(C4CC4)nc4ccccc43)C2)CC1. The molecule has 0 amide bonds. The summed E-state index contributed by atoms with van der Waals surface area (Å²) in [4.78, 5) is 10.1. The van der Waals surface area contributed by atoms with Crippen LogP contribution in [0, 0.1) is 0 Å². The van der Waals surface area contributed by atoms with Gasteiger partial charge in [-0.25, -0.2) is 4.98 Å². The van der Waals surface area contributed by atoms with E-state index in [9.17, 15) is 0 Å². The highest BCUT2D eigenvalue weighted by Crippen LogP contribution is 2.43. The van der Waals surface area contributed by atoms with Gasteiger partial charge in [-0.1, -0.05) is 12.1 Å². The van der Waals surface area contributed by atoms with E-state index in [0.717, 1.165) is 12.0 Å². The van der Waals surface area contributed by atoms with Crippen LogP contribution in [0.1, 0.15) is 43.5 Å². The molecule has 0 atom stereocenters. The molecule has 0 N–H and O–H groups in total. The Morgan fingerprint density at radius 3 is 2.43 bits per heavy atom. The Balaban J connectivity index is 1.37. The molecule has 2 saturated heterocycles. The second-order valence-electron chi connectivity index (χ2n) is 7.75. The summed E-state index contributed by atoms with van der Waals surface area (Å²) in [6.45, 7) is 4.95. The molecule has 1 aromatic heterocycles. The van der Waals surface area contributed by atoms with Crippen molar-refractivity contribution >= 4 is 11.0 Å². The van der Waals surface area contributed by atoms with Gasteiger partial charge in [0.2, 0.25) is 0 Å². The van der Waals surface area contributed by atoms with Crippen LogP contribution < -0.4 is 0 Å². The average molecular weight is 310 g/mol. The number of piperidine rings is 1. The van der Waals surface area contributed by atoms with Gasteiger partial charge < -0.3 is 9.47 Å². The fraction of sp³-hybridized carbons (Fsp3) is 0.632. The summed E-state index contributed by atoms with van der Waals surface area (Å²) in [6.07, 6.45) is 5.33. The fourth-order valence-corrected chi connectivity index (χ4v) is 4.39. The van der Waals surface area contributed by atoms with Crippen LogP contribution >= 0.6 is 0 Å². The summed E-state index contributed by atoms with van der Waals surface area (Å²) >= 11 is 0. The van der Waals surface area contributed by atoms with Crippen LogP contribution in [0.3, 0.4) is 0 Å². The van der Waals surface area contributed by atoms with Gasteiger partial charge in [0.15, 0.2) is 0 Å². The van der Waals surface area contributed by atoms with Gasteiger partial charge in [0.25, 0.3) is 0 Å². The zero-order valence-corrected chi connectivity index (χ0v) is 14.0. The molecular weight excluding hydrogens is 284 g/mol. The Bertz CT molecular complexity index is 703. The van der Waals surface area contributed by atoms with Gasteiger partial charge in [-0.15, -0.1) is 0 Å².